The number of rotatable bonds is 8. The summed E-state index contributed by atoms with van der Waals surface area (Å²) in [5.74, 6) is -0.597. The topological polar surface area (TPSA) is 55.0 Å². The summed E-state index contributed by atoms with van der Waals surface area (Å²) in [5.41, 5.74) is 7.10. The van der Waals surface area contributed by atoms with E-state index in [0.717, 1.165) is 39.1 Å². The fourth-order valence-electron chi connectivity index (χ4n) is 6.08. The second-order valence-electron chi connectivity index (χ2n) is 10.0. The molecule has 0 aliphatic carbocycles. The maximum atomic E-state index is 12.9. The van der Waals surface area contributed by atoms with Crippen LogP contribution >= 0.6 is 0 Å². The smallest absolute Gasteiger partial charge is 0.338 e. The first-order valence-corrected chi connectivity index (χ1v) is 13.7. The van der Waals surface area contributed by atoms with Crippen LogP contribution in [0.1, 0.15) is 44.2 Å². The number of nitrogens with zero attached hydrogens (tertiary/aromatic N) is 1. The zero-order valence-electron chi connectivity index (χ0n) is 22.8. The summed E-state index contributed by atoms with van der Waals surface area (Å²) < 4.78 is 5.19. The summed E-state index contributed by atoms with van der Waals surface area (Å²) in [5, 5.41) is 0. The zero-order chi connectivity index (χ0) is 28.1. The highest BCUT2D eigenvalue weighted by Crippen LogP contribution is 2.52. The third-order valence-electron chi connectivity index (χ3n) is 7.82. The number of ether oxygens (including phenoxy) is 1. The van der Waals surface area contributed by atoms with Crippen molar-refractivity contribution < 1.29 is 9.53 Å². The Kier molecular flexibility index (Phi) is 7.29. The number of hydrogen-bond donors (Lipinski definition) is 1. The molecule has 6 aromatic rings. The molecule has 0 fully saturated rings. The van der Waals surface area contributed by atoms with Gasteiger partial charge in [-0.15, -0.1) is 0 Å². The molecule has 0 saturated heterocycles. The fourth-order valence-corrected chi connectivity index (χ4v) is 6.08. The molecule has 41 heavy (non-hydrogen) atoms. The highest BCUT2D eigenvalue weighted by molar-refractivity contribution is 5.97. The van der Waals surface area contributed by atoms with Gasteiger partial charge in [0.05, 0.1) is 24.4 Å². The molecule has 1 heterocycles. The number of methoxy groups -OCH3 is 1. The molecule has 0 aliphatic rings. The van der Waals surface area contributed by atoms with Gasteiger partial charge in [0.25, 0.3) is 0 Å². The molecule has 200 valence electrons. The Morgan fingerprint density at radius 3 is 1.68 bits per heavy atom. The van der Waals surface area contributed by atoms with Crippen molar-refractivity contribution in [2.24, 2.45) is 0 Å². The predicted octanol–water partition coefficient (Wildman–Crippen LogP) is 8.03. The number of imidazole rings is 1. The summed E-state index contributed by atoms with van der Waals surface area (Å²) in [6.07, 6.45) is 3.64. The van der Waals surface area contributed by atoms with Gasteiger partial charge in [-0.05, 0) is 45.5 Å². The number of aromatic nitrogens is 2. The maximum Gasteiger partial charge on any atom is 0.338 e. The van der Waals surface area contributed by atoms with Gasteiger partial charge >= 0.3 is 5.97 Å². The predicted molar refractivity (Wildman–Crippen MR) is 163 cm³/mol. The van der Waals surface area contributed by atoms with Crippen molar-refractivity contribution >= 4 is 5.97 Å². The molecule has 4 nitrogen and oxygen atoms in total. The minimum Gasteiger partial charge on any atom is -0.465 e. The van der Waals surface area contributed by atoms with E-state index >= 15 is 0 Å². The molecule has 1 atom stereocenters. The monoisotopic (exact) mass is 534 g/mol. The van der Waals surface area contributed by atoms with E-state index in [1.54, 1.807) is 6.33 Å². The SMILES string of the molecule is COC(=O)c1ccc(C(c2cnc[nH]2)C(c2ccccc2)(c2ccccc2)c2ccccc2)cc1-c1ccccc1. The van der Waals surface area contributed by atoms with Gasteiger partial charge in [-0.1, -0.05) is 127 Å². The molecule has 4 heteroatoms. The zero-order valence-corrected chi connectivity index (χ0v) is 22.8. The molecule has 6 rings (SSSR count). The van der Waals surface area contributed by atoms with Gasteiger partial charge in [0, 0.05) is 17.8 Å². The summed E-state index contributed by atoms with van der Waals surface area (Å²) >= 11 is 0. The van der Waals surface area contributed by atoms with Gasteiger partial charge < -0.3 is 9.72 Å². The van der Waals surface area contributed by atoms with Crippen LogP contribution in [0.5, 0.6) is 0 Å². The Morgan fingerprint density at radius 2 is 1.22 bits per heavy atom. The van der Waals surface area contributed by atoms with Crippen molar-refractivity contribution in [2.45, 2.75) is 11.3 Å². The Hall–Kier alpha value is -5.22. The van der Waals surface area contributed by atoms with Crippen molar-refractivity contribution in [3.8, 4) is 11.1 Å². The summed E-state index contributed by atoms with van der Waals surface area (Å²) in [4.78, 5) is 20.9. The minimum absolute atomic E-state index is 0.230. The van der Waals surface area contributed by atoms with Crippen molar-refractivity contribution in [2.75, 3.05) is 7.11 Å². The highest BCUT2D eigenvalue weighted by Gasteiger charge is 2.46. The highest BCUT2D eigenvalue weighted by atomic mass is 16.5. The van der Waals surface area contributed by atoms with Gasteiger partial charge in [0.1, 0.15) is 0 Å². The number of esters is 1. The van der Waals surface area contributed by atoms with Crippen LogP contribution in [0, 0.1) is 0 Å². The molecule has 0 amide bonds. The lowest BCUT2D eigenvalue weighted by atomic mass is 9.59. The van der Waals surface area contributed by atoms with Crippen LogP contribution in [0.3, 0.4) is 0 Å². The van der Waals surface area contributed by atoms with Crippen molar-refractivity contribution in [1.29, 1.82) is 0 Å². The number of carbonyl (C=O) groups is 1. The third-order valence-corrected chi connectivity index (χ3v) is 7.82. The molecular weight excluding hydrogens is 504 g/mol. The van der Waals surface area contributed by atoms with Gasteiger partial charge in [0.2, 0.25) is 0 Å². The first-order chi connectivity index (χ1) is 20.2. The van der Waals surface area contributed by atoms with E-state index in [4.69, 9.17) is 4.74 Å². The van der Waals surface area contributed by atoms with Gasteiger partial charge in [-0.2, -0.15) is 0 Å². The van der Waals surface area contributed by atoms with Crippen LogP contribution in [-0.4, -0.2) is 23.0 Å². The van der Waals surface area contributed by atoms with Crippen LogP contribution in [0.15, 0.2) is 152 Å². The lowest BCUT2D eigenvalue weighted by Crippen LogP contribution is -2.37. The van der Waals surface area contributed by atoms with Crippen LogP contribution in [0.25, 0.3) is 11.1 Å². The summed E-state index contributed by atoms with van der Waals surface area (Å²) in [6.45, 7) is 0. The Bertz CT molecular complexity index is 1620. The molecule has 0 bridgehead atoms. The average molecular weight is 535 g/mol. The fraction of sp³-hybridized carbons (Fsp3) is 0.0811. The third kappa shape index (κ3) is 4.74. The molecule has 0 radical (unpaired) electrons. The quantitative estimate of drug-likeness (QED) is 0.159. The minimum atomic E-state index is -0.642. The lowest BCUT2D eigenvalue weighted by Gasteiger charge is -2.43. The Labute approximate surface area is 240 Å². The van der Waals surface area contributed by atoms with Crippen LogP contribution in [-0.2, 0) is 10.2 Å². The van der Waals surface area contributed by atoms with Gasteiger partial charge in [-0.25, -0.2) is 9.78 Å². The van der Waals surface area contributed by atoms with E-state index in [-0.39, 0.29) is 11.9 Å². The van der Waals surface area contributed by atoms with Crippen molar-refractivity contribution in [3.05, 3.63) is 186 Å². The molecule has 1 N–H and O–H groups in total. The van der Waals surface area contributed by atoms with Gasteiger partial charge in [-0.3, -0.25) is 0 Å². The largest absolute Gasteiger partial charge is 0.465 e. The number of hydrogen-bond acceptors (Lipinski definition) is 3. The first kappa shape index (κ1) is 26.0. The van der Waals surface area contributed by atoms with E-state index < -0.39 is 5.41 Å². The number of nitrogens with one attached hydrogen (secondary N) is 1. The molecule has 5 aromatic carbocycles. The lowest BCUT2D eigenvalue weighted by molar-refractivity contribution is 0.0601. The Balaban J connectivity index is 1.73. The average Bonchev–Trinajstić information content (AvgIpc) is 3.59. The van der Waals surface area contributed by atoms with E-state index in [1.807, 2.05) is 66.9 Å². The van der Waals surface area contributed by atoms with Crippen LogP contribution < -0.4 is 0 Å². The molecule has 0 saturated carbocycles. The first-order valence-electron chi connectivity index (χ1n) is 13.7. The van der Waals surface area contributed by atoms with Gasteiger partial charge in [0.15, 0.2) is 0 Å². The maximum absolute atomic E-state index is 12.9. The second-order valence-corrected chi connectivity index (χ2v) is 10.0. The van der Waals surface area contributed by atoms with Crippen LogP contribution in [0.4, 0.5) is 0 Å². The molecule has 1 aromatic heterocycles. The number of H-pyrrole nitrogens is 1. The molecule has 0 spiro atoms. The van der Waals surface area contributed by atoms with E-state index in [0.29, 0.717) is 5.56 Å². The van der Waals surface area contributed by atoms with E-state index in [2.05, 4.69) is 88.8 Å². The standard InChI is InChI=1S/C37H30N2O2/c1-41-36(40)32-23-22-28(24-33(32)27-14-6-2-7-15-27)35(34-25-38-26-39-34)37(29-16-8-3-9-17-29,30-18-10-4-11-19-30)31-20-12-5-13-21-31/h2-26,35H,1H3,(H,38,39). The summed E-state index contributed by atoms with van der Waals surface area (Å²) in [6, 6.07) is 48.0. The van der Waals surface area contributed by atoms with Crippen LogP contribution in [0.2, 0.25) is 0 Å². The van der Waals surface area contributed by atoms with E-state index in [1.165, 1.54) is 7.11 Å². The second kappa shape index (κ2) is 11.5. The summed E-state index contributed by atoms with van der Waals surface area (Å²) in [7, 11) is 1.42. The van der Waals surface area contributed by atoms with Crippen molar-refractivity contribution in [1.82, 2.24) is 9.97 Å². The molecule has 1 unspecified atom stereocenters. The van der Waals surface area contributed by atoms with Crippen molar-refractivity contribution in [3.63, 3.8) is 0 Å². The number of benzene rings is 5. The molecule has 0 aliphatic heterocycles. The number of carbonyl (C=O) groups excluding carboxylic acids is 1. The van der Waals surface area contributed by atoms with E-state index in [9.17, 15) is 4.79 Å². The molecular formula is C37H30N2O2. The number of aromatic amines is 1. The Morgan fingerprint density at radius 1 is 0.707 bits per heavy atom. The normalized spacial score (nSPS) is 12.0.